The number of hydrogen-bond donors (Lipinski definition) is 0. The number of fused-ring (bicyclic) bond motifs is 2. The molecule has 0 unspecified atom stereocenters. The van der Waals surface area contributed by atoms with Gasteiger partial charge in [-0.2, -0.15) is 0 Å². The number of ether oxygens (including phenoxy) is 2. The molecule has 1 aromatic heterocycles. The van der Waals surface area contributed by atoms with E-state index in [-0.39, 0.29) is 23.6 Å². The van der Waals surface area contributed by atoms with E-state index in [1.165, 1.54) is 16.7 Å². The second-order valence-electron chi connectivity index (χ2n) is 7.15. The van der Waals surface area contributed by atoms with Crippen LogP contribution in [0.5, 0.6) is 5.75 Å². The summed E-state index contributed by atoms with van der Waals surface area (Å²) in [5, 5.41) is 9.54. The minimum Gasteiger partial charge on any atom is -0.497 e. The summed E-state index contributed by atoms with van der Waals surface area (Å²) >= 11 is 1.42. The Morgan fingerprint density at radius 2 is 2.03 bits per heavy atom. The summed E-state index contributed by atoms with van der Waals surface area (Å²) in [6.45, 7) is 0.124. The van der Waals surface area contributed by atoms with Crippen molar-refractivity contribution < 1.29 is 19.1 Å². The summed E-state index contributed by atoms with van der Waals surface area (Å²) in [6.07, 6.45) is 1.85. The van der Waals surface area contributed by atoms with Crippen molar-refractivity contribution in [1.29, 1.82) is 0 Å². The van der Waals surface area contributed by atoms with E-state index in [2.05, 4.69) is 10.3 Å². The van der Waals surface area contributed by atoms with Crippen molar-refractivity contribution in [2.24, 2.45) is 7.05 Å². The number of rotatable bonds is 5. The number of hydrogen-bond acceptors (Lipinski definition) is 7. The lowest BCUT2D eigenvalue weighted by Crippen LogP contribution is -2.51. The van der Waals surface area contributed by atoms with E-state index < -0.39 is 5.97 Å². The molecule has 2 aliphatic heterocycles. The molecule has 0 saturated carbocycles. The molecule has 3 heterocycles. The van der Waals surface area contributed by atoms with Gasteiger partial charge in [0.15, 0.2) is 0 Å². The van der Waals surface area contributed by atoms with Gasteiger partial charge < -0.3 is 9.47 Å². The van der Waals surface area contributed by atoms with Gasteiger partial charge in [0.25, 0.3) is 5.91 Å². The fourth-order valence-electron chi connectivity index (χ4n) is 3.52. The van der Waals surface area contributed by atoms with E-state index in [1.54, 1.807) is 29.3 Å². The normalized spacial score (nSPS) is 18.7. The summed E-state index contributed by atoms with van der Waals surface area (Å²) in [5.74, 6) is 0.0311. The van der Waals surface area contributed by atoms with Crippen molar-refractivity contribution in [3.8, 4) is 5.75 Å². The van der Waals surface area contributed by atoms with Crippen LogP contribution < -0.4 is 4.74 Å². The van der Waals surface area contributed by atoms with Crippen LogP contribution in [0.2, 0.25) is 0 Å². The van der Waals surface area contributed by atoms with Crippen LogP contribution in [-0.4, -0.2) is 44.3 Å². The molecule has 2 aromatic carbocycles. The zero-order chi connectivity index (χ0) is 21.5. The quantitative estimate of drug-likeness (QED) is 0.347. The summed E-state index contributed by atoms with van der Waals surface area (Å²) in [4.78, 5) is 26.8. The topological polar surface area (TPSA) is 86.5 Å². The number of β-lactam (4-membered cyclic amide) rings is 1. The standard InChI is InChI=1S/C22H18N4O4S/c1-25-18-10-14(5-8-17(18)23-24-25)9-16-20(27)26-19(12-31-21(16)26)22(28)30-11-13-3-6-15(29-2)7-4-13/h3-10,12,21H,11H2,1-2H3/t21-/m1/s1. The van der Waals surface area contributed by atoms with Crippen LogP contribution in [0.25, 0.3) is 17.1 Å². The molecular weight excluding hydrogens is 416 g/mol. The van der Waals surface area contributed by atoms with Gasteiger partial charge in [0.2, 0.25) is 0 Å². The molecule has 3 aromatic rings. The predicted octanol–water partition coefficient (Wildman–Crippen LogP) is 2.86. The van der Waals surface area contributed by atoms with Crippen molar-refractivity contribution in [2.45, 2.75) is 12.0 Å². The lowest BCUT2D eigenvalue weighted by molar-refractivity contribution is -0.146. The minimum absolute atomic E-state index is 0.124. The molecule has 0 N–H and O–H groups in total. The lowest BCUT2D eigenvalue weighted by Gasteiger charge is -2.37. The monoisotopic (exact) mass is 434 g/mol. The van der Waals surface area contributed by atoms with E-state index in [4.69, 9.17) is 9.47 Å². The van der Waals surface area contributed by atoms with Crippen molar-refractivity contribution in [3.63, 3.8) is 0 Å². The van der Waals surface area contributed by atoms with Crippen molar-refractivity contribution in [1.82, 2.24) is 19.9 Å². The highest BCUT2D eigenvalue weighted by Crippen LogP contribution is 2.45. The maximum Gasteiger partial charge on any atom is 0.355 e. The van der Waals surface area contributed by atoms with Crippen LogP contribution in [0.15, 0.2) is 59.1 Å². The first-order valence-electron chi connectivity index (χ1n) is 9.55. The summed E-state index contributed by atoms with van der Waals surface area (Å²) in [6, 6.07) is 13.0. The number of methoxy groups -OCH3 is 1. The molecule has 2 aliphatic rings. The molecule has 0 bridgehead atoms. The number of nitrogens with zero attached hydrogens (tertiary/aromatic N) is 4. The number of amides is 1. The van der Waals surface area contributed by atoms with Gasteiger partial charge in [-0.15, -0.1) is 16.9 Å². The van der Waals surface area contributed by atoms with Gasteiger partial charge in [-0.05, 0) is 41.5 Å². The number of carbonyl (C=O) groups excluding carboxylic acids is 2. The molecular formula is C22H18N4O4S. The van der Waals surface area contributed by atoms with Crippen LogP contribution in [0.3, 0.4) is 0 Å². The predicted molar refractivity (Wildman–Crippen MR) is 116 cm³/mol. The first kappa shape index (κ1) is 19.4. The Hall–Kier alpha value is -3.59. The molecule has 0 spiro atoms. The average molecular weight is 434 g/mol. The van der Waals surface area contributed by atoms with Crippen LogP contribution in [0.4, 0.5) is 0 Å². The molecule has 1 amide bonds. The van der Waals surface area contributed by atoms with Gasteiger partial charge in [0.1, 0.15) is 28.9 Å². The highest BCUT2D eigenvalue weighted by Gasteiger charge is 2.49. The fraction of sp³-hybridized carbons (Fsp3) is 0.182. The van der Waals surface area contributed by atoms with Crippen molar-refractivity contribution in [3.05, 3.63) is 70.3 Å². The van der Waals surface area contributed by atoms with Crippen molar-refractivity contribution >= 4 is 40.7 Å². The Morgan fingerprint density at radius 3 is 2.81 bits per heavy atom. The number of carbonyl (C=O) groups is 2. The average Bonchev–Trinajstić information content (AvgIpc) is 3.37. The Morgan fingerprint density at radius 1 is 1.23 bits per heavy atom. The Labute approximate surface area is 182 Å². The highest BCUT2D eigenvalue weighted by molar-refractivity contribution is 8.03. The molecule has 1 fully saturated rings. The molecule has 156 valence electrons. The molecule has 31 heavy (non-hydrogen) atoms. The molecule has 9 heteroatoms. The lowest BCUT2D eigenvalue weighted by atomic mass is 10.0. The third kappa shape index (κ3) is 3.36. The number of thioether (sulfide) groups is 1. The summed E-state index contributed by atoms with van der Waals surface area (Å²) in [5.41, 5.74) is 4.33. The van der Waals surface area contributed by atoms with E-state index in [0.29, 0.717) is 5.57 Å². The number of aromatic nitrogens is 3. The molecule has 1 atom stereocenters. The molecule has 1 saturated heterocycles. The van der Waals surface area contributed by atoms with Gasteiger partial charge in [0.05, 0.1) is 18.2 Å². The van der Waals surface area contributed by atoms with Gasteiger partial charge in [-0.3, -0.25) is 9.69 Å². The zero-order valence-corrected chi connectivity index (χ0v) is 17.6. The first-order valence-corrected chi connectivity index (χ1v) is 10.5. The zero-order valence-electron chi connectivity index (χ0n) is 16.8. The molecule has 5 rings (SSSR count). The van der Waals surface area contributed by atoms with Gasteiger partial charge in [-0.25, -0.2) is 9.48 Å². The van der Waals surface area contributed by atoms with E-state index in [1.807, 2.05) is 43.5 Å². The molecule has 0 aliphatic carbocycles. The van der Waals surface area contributed by atoms with Gasteiger partial charge >= 0.3 is 5.97 Å². The van der Waals surface area contributed by atoms with E-state index in [9.17, 15) is 9.59 Å². The maximum absolute atomic E-state index is 12.7. The number of esters is 1. The molecule has 8 nitrogen and oxygen atoms in total. The SMILES string of the molecule is COc1ccc(COC(=O)C2=CS[C@@H]3C(=Cc4ccc5nnn(C)c5c4)C(=O)N23)cc1. The summed E-state index contributed by atoms with van der Waals surface area (Å²) < 4.78 is 12.2. The van der Waals surface area contributed by atoms with Crippen LogP contribution in [-0.2, 0) is 28.0 Å². The van der Waals surface area contributed by atoms with Gasteiger partial charge in [0, 0.05) is 12.5 Å². The molecule has 0 radical (unpaired) electrons. The second kappa shape index (κ2) is 7.59. The van der Waals surface area contributed by atoms with E-state index in [0.717, 1.165) is 27.9 Å². The van der Waals surface area contributed by atoms with Crippen LogP contribution in [0, 0.1) is 0 Å². The smallest absolute Gasteiger partial charge is 0.355 e. The van der Waals surface area contributed by atoms with E-state index >= 15 is 0 Å². The van der Waals surface area contributed by atoms with Gasteiger partial charge in [-0.1, -0.05) is 23.4 Å². The Kier molecular flexibility index (Phi) is 4.74. The fourth-order valence-corrected chi connectivity index (χ4v) is 4.63. The number of aryl methyl sites for hydroxylation is 1. The highest BCUT2D eigenvalue weighted by atomic mass is 32.2. The second-order valence-corrected chi connectivity index (χ2v) is 8.11. The third-order valence-corrected chi connectivity index (χ3v) is 6.31. The minimum atomic E-state index is -0.513. The number of benzene rings is 2. The first-order chi connectivity index (χ1) is 15.0. The third-order valence-electron chi connectivity index (χ3n) is 5.23. The Bertz CT molecular complexity index is 1260. The summed E-state index contributed by atoms with van der Waals surface area (Å²) in [7, 11) is 3.42. The van der Waals surface area contributed by atoms with Crippen molar-refractivity contribution in [2.75, 3.05) is 7.11 Å². The van der Waals surface area contributed by atoms with Crippen LogP contribution >= 0.6 is 11.8 Å². The van der Waals surface area contributed by atoms with Crippen LogP contribution in [0.1, 0.15) is 11.1 Å². The Balaban J connectivity index is 1.26. The largest absolute Gasteiger partial charge is 0.497 e. The maximum atomic E-state index is 12.7.